The van der Waals surface area contributed by atoms with Crippen LogP contribution < -0.4 is 5.73 Å². The third kappa shape index (κ3) is 8.31. The minimum absolute atomic E-state index is 0.0545. The van der Waals surface area contributed by atoms with E-state index in [0.29, 0.717) is 13.2 Å². The van der Waals surface area contributed by atoms with E-state index in [1.807, 2.05) is 0 Å². The molecule has 17 heavy (non-hydrogen) atoms. The lowest BCUT2D eigenvalue weighted by Gasteiger charge is -2.18. The summed E-state index contributed by atoms with van der Waals surface area (Å²) in [7, 11) is 1.52. The first-order valence-electron chi connectivity index (χ1n) is 4.90. The minimum atomic E-state index is -4.47. The van der Waals surface area contributed by atoms with Gasteiger partial charge < -0.3 is 19.9 Å². The summed E-state index contributed by atoms with van der Waals surface area (Å²) < 4.78 is 51.6. The van der Waals surface area contributed by atoms with Crippen LogP contribution in [-0.4, -0.2) is 51.3 Å². The monoisotopic (exact) mass is 275 g/mol. The first-order valence-corrected chi connectivity index (χ1v) is 5.31. The zero-order chi connectivity index (χ0) is 13.3. The lowest BCUT2D eigenvalue weighted by molar-refractivity contribution is -0.168. The van der Waals surface area contributed by atoms with E-state index in [9.17, 15) is 13.2 Å². The van der Waals surface area contributed by atoms with Gasteiger partial charge >= 0.3 is 6.18 Å². The van der Waals surface area contributed by atoms with Crippen LogP contribution in [0.2, 0.25) is 0 Å². The van der Waals surface area contributed by atoms with Gasteiger partial charge in [-0.15, -0.1) is 0 Å². The first-order chi connectivity index (χ1) is 7.89. The van der Waals surface area contributed by atoms with Crippen molar-refractivity contribution in [3.8, 4) is 0 Å². The molecule has 1 unspecified atom stereocenters. The molecule has 0 aliphatic rings. The summed E-state index contributed by atoms with van der Waals surface area (Å²) in [5.74, 6) is -1.91. The highest BCUT2D eigenvalue weighted by molar-refractivity contribution is 7.80. The Hall–Kier alpha value is -0.440. The molecule has 0 aliphatic heterocycles. The molecule has 0 aliphatic carbocycles. The Labute approximate surface area is 103 Å². The van der Waals surface area contributed by atoms with Crippen molar-refractivity contribution in [2.24, 2.45) is 11.7 Å². The van der Waals surface area contributed by atoms with Crippen molar-refractivity contribution in [3.63, 3.8) is 0 Å². The number of nitrogens with two attached hydrogens (primary N) is 1. The Bertz CT molecular complexity index is 226. The number of alkyl halides is 3. The van der Waals surface area contributed by atoms with Gasteiger partial charge in [-0.3, -0.25) is 0 Å². The second-order valence-corrected chi connectivity index (χ2v) is 3.65. The van der Waals surface area contributed by atoms with Crippen LogP contribution in [0.5, 0.6) is 0 Å². The van der Waals surface area contributed by atoms with Gasteiger partial charge in [0.1, 0.15) is 5.92 Å². The van der Waals surface area contributed by atoms with E-state index in [1.165, 1.54) is 7.11 Å². The van der Waals surface area contributed by atoms with Crippen molar-refractivity contribution < 1.29 is 27.4 Å². The van der Waals surface area contributed by atoms with Gasteiger partial charge in [0.2, 0.25) is 0 Å². The smallest absolute Gasteiger partial charge is 0.393 e. The second kappa shape index (κ2) is 8.62. The number of thiocarbonyl (C=S) groups is 1. The third-order valence-corrected chi connectivity index (χ3v) is 2.11. The van der Waals surface area contributed by atoms with Gasteiger partial charge in [0, 0.05) is 7.11 Å². The third-order valence-electron chi connectivity index (χ3n) is 1.83. The number of ether oxygens (including phenoxy) is 3. The largest absolute Gasteiger partial charge is 0.400 e. The molecule has 0 spiro atoms. The van der Waals surface area contributed by atoms with Gasteiger partial charge in [0.25, 0.3) is 0 Å². The average molecular weight is 275 g/mol. The molecular weight excluding hydrogens is 259 g/mol. The second-order valence-electron chi connectivity index (χ2n) is 3.18. The number of methoxy groups -OCH3 is 1. The number of hydrogen-bond donors (Lipinski definition) is 1. The molecule has 8 heteroatoms. The summed E-state index contributed by atoms with van der Waals surface area (Å²) in [5.41, 5.74) is 4.99. The highest BCUT2D eigenvalue weighted by Crippen LogP contribution is 2.26. The average Bonchev–Trinajstić information content (AvgIpc) is 2.19. The maximum atomic E-state index is 12.4. The Balaban J connectivity index is 3.67. The van der Waals surface area contributed by atoms with Gasteiger partial charge in [0.05, 0.1) is 38.0 Å². The standard InChI is InChI=1S/C9H16F3NO3S/c1-14-2-3-15-4-5-16-6-7(8(13)17)9(10,11)12/h7H,2-6H2,1H3,(H2,13,17). The minimum Gasteiger partial charge on any atom is -0.393 e. The summed E-state index contributed by atoms with van der Waals surface area (Å²) in [6.45, 7) is 0.479. The van der Waals surface area contributed by atoms with Crippen molar-refractivity contribution in [3.05, 3.63) is 0 Å². The summed E-state index contributed by atoms with van der Waals surface area (Å²) in [6, 6.07) is 0. The normalized spacial score (nSPS) is 13.6. The highest BCUT2D eigenvalue weighted by atomic mass is 32.1. The summed E-state index contributed by atoms with van der Waals surface area (Å²) >= 11 is 4.33. The quantitative estimate of drug-likeness (QED) is 0.505. The van der Waals surface area contributed by atoms with Crippen molar-refractivity contribution in [1.82, 2.24) is 0 Å². The van der Waals surface area contributed by atoms with Crippen LogP contribution in [0.3, 0.4) is 0 Å². The molecule has 0 rings (SSSR count). The lowest BCUT2D eigenvalue weighted by atomic mass is 10.1. The van der Waals surface area contributed by atoms with Crippen molar-refractivity contribution in [1.29, 1.82) is 0 Å². The van der Waals surface area contributed by atoms with E-state index in [2.05, 4.69) is 12.2 Å². The maximum absolute atomic E-state index is 12.4. The van der Waals surface area contributed by atoms with Crippen LogP contribution in [0.25, 0.3) is 0 Å². The van der Waals surface area contributed by atoms with Crippen LogP contribution in [-0.2, 0) is 14.2 Å². The molecule has 0 saturated heterocycles. The molecule has 4 nitrogen and oxygen atoms in total. The van der Waals surface area contributed by atoms with Crippen molar-refractivity contribution >= 4 is 17.2 Å². The molecule has 2 N–H and O–H groups in total. The fourth-order valence-corrected chi connectivity index (χ4v) is 1.10. The van der Waals surface area contributed by atoms with Crippen LogP contribution in [0.4, 0.5) is 13.2 Å². The molecule has 0 bridgehead atoms. The van der Waals surface area contributed by atoms with E-state index in [1.54, 1.807) is 0 Å². The lowest BCUT2D eigenvalue weighted by Crippen LogP contribution is -2.38. The highest BCUT2D eigenvalue weighted by Gasteiger charge is 2.41. The molecule has 0 heterocycles. The predicted molar refractivity (Wildman–Crippen MR) is 59.8 cm³/mol. The Morgan fingerprint density at radius 1 is 1.18 bits per heavy atom. The van der Waals surface area contributed by atoms with Crippen LogP contribution >= 0.6 is 12.2 Å². The Morgan fingerprint density at radius 2 is 1.71 bits per heavy atom. The summed E-state index contributed by atoms with van der Waals surface area (Å²) in [6.07, 6.45) is -4.47. The Morgan fingerprint density at radius 3 is 2.18 bits per heavy atom. The first kappa shape index (κ1) is 16.6. The molecular formula is C9H16F3NO3S. The summed E-state index contributed by atoms with van der Waals surface area (Å²) in [5, 5.41) is 0. The zero-order valence-electron chi connectivity index (χ0n) is 9.46. The van der Waals surface area contributed by atoms with Crippen LogP contribution in [0, 0.1) is 5.92 Å². The topological polar surface area (TPSA) is 53.7 Å². The number of hydrogen-bond acceptors (Lipinski definition) is 4. The van der Waals surface area contributed by atoms with Gasteiger partial charge in [0.15, 0.2) is 0 Å². The van der Waals surface area contributed by atoms with Gasteiger partial charge in [-0.25, -0.2) is 0 Å². The molecule has 0 aromatic carbocycles. The van der Waals surface area contributed by atoms with E-state index < -0.39 is 23.7 Å². The number of rotatable bonds is 9. The molecule has 0 aromatic rings. The molecule has 1 atom stereocenters. The predicted octanol–water partition coefficient (Wildman–Crippen LogP) is 1.13. The molecule has 0 saturated carbocycles. The maximum Gasteiger partial charge on any atom is 0.400 e. The zero-order valence-corrected chi connectivity index (χ0v) is 10.3. The van der Waals surface area contributed by atoms with E-state index in [0.717, 1.165) is 0 Å². The van der Waals surface area contributed by atoms with E-state index >= 15 is 0 Å². The van der Waals surface area contributed by atoms with Gasteiger partial charge in [-0.2, -0.15) is 13.2 Å². The van der Waals surface area contributed by atoms with Crippen LogP contribution in [0.15, 0.2) is 0 Å². The van der Waals surface area contributed by atoms with E-state index in [-0.39, 0.29) is 13.2 Å². The van der Waals surface area contributed by atoms with Crippen LogP contribution in [0.1, 0.15) is 0 Å². The fourth-order valence-electron chi connectivity index (χ4n) is 0.901. The fraction of sp³-hybridized carbons (Fsp3) is 0.889. The van der Waals surface area contributed by atoms with Gasteiger partial charge in [-0.1, -0.05) is 12.2 Å². The van der Waals surface area contributed by atoms with Crippen molar-refractivity contribution in [2.45, 2.75) is 6.18 Å². The number of halogens is 3. The molecule has 0 radical (unpaired) electrons. The summed E-state index contributed by atoms with van der Waals surface area (Å²) in [4.78, 5) is -0.613. The molecule has 102 valence electrons. The molecule has 0 fully saturated rings. The van der Waals surface area contributed by atoms with E-state index in [4.69, 9.17) is 19.9 Å². The van der Waals surface area contributed by atoms with Gasteiger partial charge in [-0.05, 0) is 0 Å². The SMILES string of the molecule is COCCOCCOCC(C(N)=S)C(F)(F)F. The molecule has 0 aromatic heterocycles. The molecule has 0 amide bonds. The Kier molecular flexibility index (Phi) is 8.40. The van der Waals surface area contributed by atoms with Crippen molar-refractivity contribution in [2.75, 3.05) is 40.1 Å².